The van der Waals surface area contributed by atoms with Gasteiger partial charge in [-0.15, -0.1) is 0 Å². The molecule has 2 N–H and O–H groups in total. The van der Waals surface area contributed by atoms with E-state index in [2.05, 4.69) is 6.92 Å². The highest BCUT2D eigenvalue weighted by Crippen LogP contribution is 2.22. The van der Waals surface area contributed by atoms with Crippen LogP contribution in [0.15, 0.2) is 0 Å². The highest BCUT2D eigenvalue weighted by atomic mass is 16.2. The average molecular weight is 170 g/mol. The molecule has 1 heterocycles. The monoisotopic (exact) mass is 170 g/mol. The molecular weight excluding hydrogens is 152 g/mol. The first kappa shape index (κ1) is 9.52. The summed E-state index contributed by atoms with van der Waals surface area (Å²) >= 11 is 0. The quantitative estimate of drug-likeness (QED) is 0.659. The van der Waals surface area contributed by atoms with Crippen molar-refractivity contribution in [3.8, 4) is 0 Å². The summed E-state index contributed by atoms with van der Waals surface area (Å²) in [4.78, 5) is 13.3. The number of carbonyl (C=O) groups is 1. The van der Waals surface area contributed by atoms with Gasteiger partial charge in [-0.05, 0) is 25.8 Å². The molecule has 1 rings (SSSR count). The number of hydrogen-bond donors (Lipinski definition) is 1. The lowest BCUT2D eigenvalue weighted by molar-refractivity contribution is -0.131. The largest absolute Gasteiger partial charge is 0.340 e. The minimum absolute atomic E-state index is 0.262. The molecule has 1 aliphatic heterocycles. The predicted octanol–water partition coefficient (Wildman–Crippen LogP) is 0.592. The summed E-state index contributed by atoms with van der Waals surface area (Å²) in [6.07, 6.45) is 1.68. The molecule has 0 radical (unpaired) electrons. The number of nitrogens with two attached hydrogens (primary N) is 1. The van der Waals surface area contributed by atoms with E-state index in [1.165, 1.54) is 0 Å². The van der Waals surface area contributed by atoms with Gasteiger partial charge in [0.05, 0.1) is 0 Å². The Labute approximate surface area is 73.9 Å². The van der Waals surface area contributed by atoms with Gasteiger partial charge >= 0.3 is 0 Å². The lowest BCUT2D eigenvalue weighted by atomic mass is 10.1. The molecular formula is C9H18N2O. The van der Waals surface area contributed by atoms with Crippen LogP contribution in [0, 0.1) is 5.92 Å². The molecule has 3 nitrogen and oxygen atoms in total. The second kappa shape index (κ2) is 3.90. The summed E-state index contributed by atoms with van der Waals surface area (Å²) < 4.78 is 0. The van der Waals surface area contributed by atoms with Gasteiger partial charge in [0.1, 0.15) is 0 Å². The minimum atomic E-state index is 0.262. The van der Waals surface area contributed by atoms with E-state index in [1.807, 2.05) is 11.8 Å². The normalized spacial score (nSPS) is 29.4. The first-order valence-electron chi connectivity index (χ1n) is 4.68. The Morgan fingerprint density at radius 1 is 1.67 bits per heavy atom. The maximum absolute atomic E-state index is 11.4. The van der Waals surface area contributed by atoms with Gasteiger partial charge in [0.15, 0.2) is 0 Å². The van der Waals surface area contributed by atoms with Gasteiger partial charge in [-0.3, -0.25) is 4.79 Å². The van der Waals surface area contributed by atoms with E-state index in [-0.39, 0.29) is 5.91 Å². The van der Waals surface area contributed by atoms with Gasteiger partial charge in [-0.25, -0.2) is 0 Å². The zero-order valence-corrected chi connectivity index (χ0v) is 7.92. The SMILES string of the molecule is CCC(=O)N1CC(CN)CC1C. The first-order chi connectivity index (χ1) is 5.69. The van der Waals surface area contributed by atoms with Gasteiger partial charge in [-0.1, -0.05) is 6.92 Å². The fourth-order valence-corrected chi connectivity index (χ4v) is 1.86. The van der Waals surface area contributed by atoms with E-state index in [0.717, 1.165) is 13.0 Å². The van der Waals surface area contributed by atoms with Gasteiger partial charge in [0, 0.05) is 19.0 Å². The molecule has 3 heteroatoms. The first-order valence-corrected chi connectivity index (χ1v) is 4.68. The number of nitrogens with zero attached hydrogens (tertiary/aromatic N) is 1. The van der Waals surface area contributed by atoms with Crippen molar-refractivity contribution in [3.05, 3.63) is 0 Å². The number of rotatable bonds is 2. The van der Waals surface area contributed by atoms with Crippen LogP contribution in [-0.2, 0) is 4.79 Å². The van der Waals surface area contributed by atoms with Gasteiger partial charge in [-0.2, -0.15) is 0 Å². The van der Waals surface area contributed by atoms with Gasteiger partial charge in [0.25, 0.3) is 0 Å². The molecule has 1 aliphatic rings. The van der Waals surface area contributed by atoms with Crippen molar-refractivity contribution in [2.24, 2.45) is 11.7 Å². The lowest BCUT2D eigenvalue weighted by Crippen LogP contribution is -2.33. The van der Waals surface area contributed by atoms with Crippen LogP contribution < -0.4 is 5.73 Å². The molecule has 1 fully saturated rings. The third-order valence-electron chi connectivity index (χ3n) is 2.62. The zero-order chi connectivity index (χ0) is 9.14. The van der Waals surface area contributed by atoms with Crippen molar-refractivity contribution in [2.45, 2.75) is 32.7 Å². The summed E-state index contributed by atoms with van der Waals surface area (Å²) in [6, 6.07) is 0.394. The molecule has 0 spiro atoms. The fourth-order valence-electron chi connectivity index (χ4n) is 1.86. The summed E-state index contributed by atoms with van der Waals surface area (Å²) in [5.41, 5.74) is 5.56. The molecule has 2 atom stereocenters. The molecule has 0 aromatic rings. The van der Waals surface area contributed by atoms with Crippen LogP contribution in [0.5, 0.6) is 0 Å². The zero-order valence-electron chi connectivity index (χ0n) is 7.92. The average Bonchev–Trinajstić information content (AvgIpc) is 2.45. The molecule has 0 saturated carbocycles. The van der Waals surface area contributed by atoms with E-state index in [0.29, 0.717) is 24.9 Å². The summed E-state index contributed by atoms with van der Waals surface area (Å²) in [5, 5.41) is 0. The molecule has 0 aromatic carbocycles. The summed E-state index contributed by atoms with van der Waals surface area (Å²) in [7, 11) is 0. The van der Waals surface area contributed by atoms with Crippen LogP contribution in [0.2, 0.25) is 0 Å². The highest BCUT2D eigenvalue weighted by Gasteiger charge is 2.30. The third kappa shape index (κ3) is 1.78. The Bertz CT molecular complexity index is 170. The summed E-state index contributed by atoms with van der Waals surface area (Å²) in [5.74, 6) is 0.786. The third-order valence-corrected chi connectivity index (χ3v) is 2.62. The van der Waals surface area contributed by atoms with E-state index in [1.54, 1.807) is 0 Å². The summed E-state index contributed by atoms with van der Waals surface area (Å²) in [6.45, 7) is 5.58. The Morgan fingerprint density at radius 3 is 2.75 bits per heavy atom. The van der Waals surface area contributed by atoms with Crippen molar-refractivity contribution in [2.75, 3.05) is 13.1 Å². The Morgan fingerprint density at radius 2 is 2.33 bits per heavy atom. The van der Waals surface area contributed by atoms with Crippen molar-refractivity contribution in [1.82, 2.24) is 4.90 Å². The maximum atomic E-state index is 11.4. The minimum Gasteiger partial charge on any atom is -0.340 e. The van der Waals surface area contributed by atoms with Gasteiger partial charge < -0.3 is 10.6 Å². The van der Waals surface area contributed by atoms with E-state index in [9.17, 15) is 4.79 Å². The van der Waals surface area contributed by atoms with Crippen molar-refractivity contribution in [3.63, 3.8) is 0 Å². The molecule has 70 valence electrons. The van der Waals surface area contributed by atoms with Crippen molar-refractivity contribution >= 4 is 5.91 Å². The van der Waals surface area contributed by atoms with Crippen LogP contribution in [0.4, 0.5) is 0 Å². The Balaban J connectivity index is 2.51. The standard InChI is InChI=1S/C9H18N2O/c1-3-9(12)11-6-8(5-10)4-7(11)2/h7-8H,3-6,10H2,1-2H3. The van der Waals surface area contributed by atoms with Crippen LogP contribution in [-0.4, -0.2) is 29.9 Å². The Hall–Kier alpha value is -0.570. The lowest BCUT2D eigenvalue weighted by Gasteiger charge is -2.20. The highest BCUT2D eigenvalue weighted by molar-refractivity contribution is 5.76. The number of amides is 1. The molecule has 0 bridgehead atoms. The van der Waals surface area contributed by atoms with Crippen LogP contribution >= 0.6 is 0 Å². The van der Waals surface area contributed by atoms with E-state index >= 15 is 0 Å². The van der Waals surface area contributed by atoms with Crippen LogP contribution in [0.25, 0.3) is 0 Å². The second-order valence-corrected chi connectivity index (χ2v) is 3.59. The molecule has 1 amide bonds. The van der Waals surface area contributed by atoms with Crippen molar-refractivity contribution in [1.29, 1.82) is 0 Å². The smallest absolute Gasteiger partial charge is 0.222 e. The second-order valence-electron chi connectivity index (χ2n) is 3.59. The number of likely N-dealkylation sites (tertiary alicyclic amines) is 1. The fraction of sp³-hybridized carbons (Fsp3) is 0.889. The van der Waals surface area contributed by atoms with E-state index in [4.69, 9.17) is 5.73 Å². The molecule has 2 unspecified atom stereocenters. The van der Waals surface area contributed by atoms with Crippen molar-refractivity contribution < 1.29 is 4.79 Å². The molecule has 1 saturated heterocycles. The number of carbonyl (C=O) groups excluding carboxylic acids is 1. The molecule has 0 aliphatic carbocycles. The van der Waals surface area contributed by atoms with E-state index < -0.39 is 0 Å². The maximum Gasteiger partial charge on any atom is 0.222 e. The molecule has 12 heavy (non-hydrogen) atoms. The molecule has 0 aromatic heterocycles. The predicted molar refractivity (Wildman–Crippen MR) is 48.6 cm³/mol. The topological polar surface area (TPSA) is 46.3 Å². The van der Waals surface area contributed by atoms with Gasteiger partial charge in [0.2, 0.25) is 5.91 Å². The Kier molecular flexibility index (Phi) is 3.09. The van der Waals surface area contributed by atoms with Crippen LogP contribution in [0.1, 0.15) is 26.7 Å². The number of hydrogen-bond acceptors (Lipinski definition) is 2. The van der Waals surface area contributed by atoms with Crippen LogP contribution in [0.3, 0.4) is 0 Å².